The first-order valence-corrected chi connectivity index (χ1v) is 11.2. The highest BCUT2D eigenvalue weighted by Gasteiger charge is 2.31. The van der Waals surface area contributed by atoms with E-state index in [9.17, 15) is 22.4 Å². The van der Waals surface area contributed by atoms with Crippen LogP contribution in [0.2, 0.25) is 5.02 Å². The predicted octanol–water partition coefficient (Wildman–Crippen LogP) is 3.16. The molecule has 2 N–H and O–H groups in total. The van der Waals surface area contributed by atoms with E-state index < -0.39 is 34.4 Å². The van der Waals surface area contributed by atoms with Gasteiger partial charge in [-0.2, -0.15) is 4.31 Å². The Kier molecular flexibility index (Phi) is 6.54. The third kappa shape index (κ3) is 4.81. The molecule has 0 aliphatic carbocycles. The lowest BCUT2D eigenvalue weighted by Crippen LogP contribution is -2.37. The fraction of sp³-hybridized carbons (Fsp3) is 0.300. The molecule has 1 aliphatic heterocycles. The van der Waals surface area contributed by atoms with Crippen molar-refractivity contribution in [2.45, 2.75) is 31.3 Å². The molecule has 31 heavy (non-hydrogen) atoms. The Morgan fingerprint density at radius 3 is 2.68 bits per heavy atom. The average Bonchev–Trinajstić information content (AvgIpc) is 2.69. The number of halogens is 2. The molecule has 3 rings (SSSR count). The molecular weight excluding hydrogens is 449 g/mol. The Labute approximate surface area is 184 Å². The number of likely N-dealkylation sites (N-methyl/N-ethyl adjacent to an activating group) is 1. The molecule has 1 atom stereocenters. The van der Waals surface area contributed by atoms with E-state index in [1.807, 2.05) is 0 Å². The average molecular weight is 470 g/mol. The minimum atomic E-state index is -4.08. The van der Waals surface area contributed by atoms with Crippen LogP contribution in [0.5, 0.6) is 5.75 Å². The number of benzene rings is 2. The van der Waals surface area contributed by atoms with Crippen molar-refractivity contribution in [3.63, 3.8) is 0 Å². The van der Waals surface area contributed by atoms with Crippen molar-refractivity contribution in [1.82, 2.24) is 4.31 Å². The quantitative estimate of drug-likeness (QED) is 0.676. The smallest absolute Gasteiger partial charge is 0.265 e. The van der Waals surface area contributed by atoms with Crippen molar-refractivity contribution in [2.24, 2.45) is 0 Å². The van der Waals surface area contributed by atoms with Gasteiger partial charge < -0.3 is 15.4 Å². The summed E-state index contributed by atoms with van der Waals surface area (Å²) >= 11 is 5.68. The van der Waals surface area contributed by atoms with Gasteiger partial charge in [-0.15, -0.1) is 0 Å². The van der Waals surface area contributed by atoms with Gasteiger partial charge in [-0.05, 0) is 43.2 Å². The van der Waals surface area contributed by atoms with Crippen molar-refractivity contribution in [3.8, 4) is 5.75 Å². The first kappa shape index (κ1) is 23.0. The molecule has 0 saturated carbocycles. The van der Waals surface area contributed by atoms with Crippen LogP contribution in [-0.2, 0) is 19.6 Å². The van der Waals surface area contributed by atoms with Gasteiger partial charge in [-0.1, -0.05) is 18.5 Å². The molecular formula is C20H21ClFN3O5S. The number of sulfonamides is 1. The summed E-state index contributed by atoms with van der Waals surface area (Å²) in [7, 11) is -2.84. The molecule has 0 saturated heterocycles. The van der Waals surface area contributed by atoms with Gasteiger partial charge in [-0.3, -0.25) is 9.59 Å². The highest BCUT2D eigenvalue weighted by atomic mass is 35.5. The number of nitrogens with zero attached hydrogens (tertiary/aromatic N) is 1. The Morgan fingerprint density at radius 1 is 1.32 bits per heavy atom. The molecule has 1 heterocycles. The Morgan fingerprint density at radius 2 is 2.03 bits per heavy atom. The zero-order valence-corrected chi connectivity index (χ0v) is 18.6. The van der Waals surface area contributed by atoms with Crippen molar-refractivity contribution in [1.29, 1.82) is 0 Å². The van der Waals surface area contributed by atoms with Crippen molar-refractivity contribution in [2.75, 3.05) is 24.2 Å². The van der Waals surface area contributed by atoms with E-state index in [2.05, 4.69) is 10.6 Å². The Balaban J connectivity index is 1.80. The number of hydrogen-bond donors (Lipinski definition) is 2. The van der Waals surface area contributed by atoms with Crippen molar-refractivity contribution < 1.29 is 27.1 Å². The molecule has 11 heteroatoms. The van der Waals surface area contributed by atoms with E-state index in [-0.39, 0.29) is 27.3 Å². The molecule has 2 aromatic carbocycles. The number of ether oxygens (including phenoxy) is 1. The first-order valence-electron chi connectivity index (χ1n) is 9.36. The second kappa shape index (κ2) is 8.81. The Bertz CT molecular complexity index is 1160. The molecule has 2 aromatic rings. The van der Waals surface area contributed by atoms with Crippen LogP contribution < -0.4 is 15.4 Å². The van der Waals surface area contributed by atoms with E-state index in [1.54, 1.807) is 13.8 Å². The molecule has 2 amide bonds. The second-order valence-electron chi connectivity index (χ2n) is 7.05. The summed E-state index contributed by atoms with van der Waals surface area (Å²) in [5, 5.41) is 5.19. The fourth-order valence-corrected chi connectivity index (χ4v) is 4.57. The summed E-state index contributed by atoms with van der Waals surface area (Å²) in [5.74, 6) is -1.52. The number of anilines is 2. The van der Waals surface area contributed by atoms with Gasteiger partial charge in [0.15, 0.2) is 6.10 Å². The number of carbonyl (C=O) groups excluding carboxylic acids is 2. The molecule has 0 bridgehead atoms. The summed E-state index contributed by atoms with van der Waals surface area (Å²) in [6.07, 6.45) is -0.300. The maximum absolute atomic E-state index is 13.9. The lowest BCUT2D eigenvalue weighted by molar-refractivity contribution is -0.123. The summed E-state index contributed by atoms with van der Waals surface area (Å²) in [4.78, 5) is 24.2. The fourth-order valence-electron chi connectivity index (χ4n) is 3.07. The van der Waals surface area contributed by atoms with Crippen LogP contribution in [0.15, 0.2) is 35.2 Å². The van der Waals surface area contributed by atoms with Gasteiger partial charge in [0.25, 0.3) is 5.91 Å². The van der Waals surface area contributed by atoms with Crippen LogP contribution in [0.25, 0.3) is 0 Å². The number of fused-ring (bicyclic) bond motifs is 1. The van der Waals surface area contributed by atoms with Gasteiger partial charge in [-0.25, -0.2) is 12.8 Å². The standard InChI is InChI=1S/C20H21ClFN3O5S/c1-4-16-20(27)24-15-7-11(2)18(9-17(15)30-16)31(28,29)25(3)10-19(26)23-14-6-5-12(21)8-13(14)22/h5-9,16H,4,10H2,1-3H3,(H,23,26)(H,24,27). The highest BCUT2D eigenvalue weighted by molar-refractivity contribution is 7.89. The maximum Gasteiger partial charge on any atom is 0.265 e. The zero-order chi connectivity index (χ0) is 22.9. The van der Waals surface area contributed by atoms with E-state index >= 15 is 0 Å². The van der Waals surface area contributed by atoms with Crippen LogP contribution in [0.4, 0.5) is 15.8 Å². The predicted molar refractivity (Wildman–Crippen MR) is 114 cm³/mol. The molecule has 0 radical (unpaired) electrons. The third-order valence-corrected chi connectivity index (χ3v) is 6.91. The molecule has 166 valence electrons. The number of aryl methyl sites for hydroxylation is 1. The SMILES string of the molecule is CCC1Oc2cc(S(=O)(=O)N(C)CC(=O)Nc3ccc(Cl)cc3F)c(C)cc2NC1=O. The highest BCUT2D eigenvalue weighted by Crippen LogP contribution is 2.35. The largest absolute Gasteiger partial charge is 0.478 e. The van der Waals surface area contributed by atoms with E-state index in [1.165, 1.54) is 31.3 Å². The lowest BCUT2D eigenvalue weighted by Gasteiger charge is -2.27. The van der Waals surface area contributed by atoms with Crippen molar-refractivity contribution >= 4 is 44.8 Å². The number of hydrogen-bond acceptors (Lipinski definition) is 5. The van der Waals surface area contributed by atoms with Crippen molar-refractivity contribution in [3.05, 3.63) is 46.7 Å². The normalized spacial score (nSPS) is 15.8. The van der Waals surface area contributed by atoms with Crippen LogP contribution in [0, 0.1) is 12.7 Å². The molecule has 0 spiro atoms. The van der Waals surface area contributed by atoms with Gasteiger partial charge in [0.2, 0.25) is 15.9 Å². The van der Waals surface area contributed by atoms with Gasteiger partial charge in [0.05, 0.1) is 22.8 Å². The maximum atomic E-state index is 13.9. The minimum Gasteiger partial charge on any atom is -0.478 e. The lowest BCUT2D eigenvalue weighted by atomic mass is 10.1. The number of nitrogens with one attached hydrogen (secondary N) is 2. The molecule has 0 fully saturated rings. The number of amides is 2. The molecule has 1 aliphatic rings. The molecule has 8 nitrogen and oxygen atoms in total. The molecule has 1 unspecified atom stereocenters. The monoisotopic (exact) mass is 469 g/mol. The van der Waals surface area contributed by atoms with Gasteiger partial charge in [0.1, 0.15) is 11.6 Å². The first-order chi connectivity index (χ1) is 14.5. The summed E-state index contributed by atoms with van der Waals surface area (Å²) in [6.45, 7) is 2.80. The summed E-state index contributed by atoms with van der Waals surface area (Å²) < 4.78 is 46.5. The zero-order valence-electron chi connectivity index (χ0n) is 17.0. The topological polar surface area (TPSA) is 105 Å². The minimum absolute atomic E-state index is 0.0646. The third-order valence-electron chi connectivity index (χ3n) is 4.73. The van der Waals surface area contributed by atoms with E-state index in [4.69, 9.17) is 16.3 Å². The van der Waals surface area contributed by atoms with Gasteiger partial charge >= 0.3 is 0 Å². The van der Waals surface area contributed by atoms with Crippen LogP contribution in [0.1, 0.15) is 18.9 Å². The van der Waals surface area contributed by atoms with Crippen LogP contribution >= 0.6 is 11.6 Å². The van der Waals surface area contributed by atoms with E-state index in [0.29, 0.717) is 17.7 Å². The van der Waals surface area contributed by atoms with E-state index in [0.717, 1.165) is 10.4 Å². The van der Waals surface area contributed by atoms with Crippen LogP contribution in [0.3, 0.4) is 0 Å². The van der Waals surface area contributed by atoms with Crippen LogP contribution in [-0.4, -0.2) is 44.2 Å². The number of rotatable bonds is 6. The second-order valence-corrected chi connectivity index (χ2v) is 9.50. The molecule has 0 aromatic heterocycles. The Hall–Kier alpha value is -2.69. The summed E-state index contributed by atoms with van der Waals surface area (Å²) in [6, 6.07) is 6.56. The number of carbonyl (C=O) groups is 2. The van der Waals surface area contributed by atoms with Gasteiger partial charge in [0, 0.05) is 18.1 Å². The summed E-state index contributed by atoms with van der Waals surface area (Å²) in [5.41, 5.74) is 0.637.